The number of carbonyl (C=O) groups is 3. The predicted molar refractivity (Wildman–Crippen MR) is 99.7 cm³/mol. The molecule has 2 fully saturated rings. The molecule has 6 nitrogen and oxygen atoms in total. The van der Waals surface area contributed by atoms with E-state index < -0.39 is 12.0 Å². The molecule has 0 spiro atoms. The van der Waals surface area contributed by atoms with Gasteiger partial charge in [-0.3, -0.25) is 14.5 Å². The van der Waals surface area contributed by atoms with Crippen LogP contribution >= 0.6 is 35.7 Å². The summed E-state index contributed by atoms with van der Waals surface area (Å²) < 4.78 is 0.503. The monoisotopic (exact) mass is 393 g/mol. The molecule has 130 valence electrons. The normalized spacial score (nSPS) is 22.1. The van der Waals surface area contributed by atoms with Crippen LogP contribution in [0.4, 0.5) is 0 Å². The van der Waals surface area contributed by atoms with E-state index in [2.05, 4.69) is 0 Å². The number of amides is 2. The Morgan fingerprint density at radius 3 is 2.56 bits per heavy atom. The Morgan fingerprint density at radius 2 is 2.00 bits per heavy atom. The molecule has 0 aromatic heterocycles. The van der Waals surface area contributed by atoms with Crippen molar-refractivity contribution in [3.05, 3.63) is 40.3 Å². The van der Waals surface area contributed by atoms with Crippen molar-refractivity contribution in [3.63, 3.8) is 0 Å². The Hall–Kier alpha value is -1.84. The topological polar surface area (TPSA) is 80.8 Å². The number of rotatable bonds is 3. The molecule has 0 unspecified atom stereocenters. The lowest BCUT2D eigenvalue weighted by Gasteiger charge is -2.24. The van der Waals surface area contributed by atoms with Crippen molar-refractivity contribution in [2.24, 2.45) is 0 Å². The van der Waals surface area contributed by atoms with E-state index in [0.717, 1.165) is 5.56 Å². The standard InChI is InChI=1S/C16H14N2O4S3/c1-17-14(20)12(25-16(17)23)6-9-2-4-10(5-3-9)13(19)18-8-24-7-11(18)15(21)22/h2-6,11H,7-8H2,1H3,(H,21,22)/p-1/b12-6+/t11-/m1/s1. The van der Waals surface area contributed by atoms with Crippen LogP contribution in [0.1, 0.15) is 15.9 Å². The van der Waals surface area contributed by atoms with Gasteiger partial charge < -0.3 is 14.8 Å². The number of thiocarbonyl (C=S) groups is 1. The minimum atomic E-state index is -1.24. The number of thioether (sulfide) groups is 2. The van der Waals surface area contributed by atoms with Crippen molar-refractivity contribution in [3.8, 4) is 0 Å². The summed E-state index contributed by atoms with van der Waals surface area (Å²) in [6.45, 7) is 0. The number of benzene rings is 1. The molecule has 2 aliphatic rings. The fourth-order valence-electron chi connectivity index (χ4n) is 2.42. The smallest absolute Gasteiger partial charge is 0.265 e. The van der Waals surface area contributed by atoms with Gasteiger partial charge in [0.15, 0.2) is 0 Å². The molecule has 9 heteroatoms. The average molecular weight is 393 g/mol. The van der Waals surface area contributed by atoms with E-state index in [0.29, 0.717) is 26.4 Å². The molecule has 2 aliphatic heterocycles. The first-order valence-corrected chi connectivity index (χ1v) is 9.67. The number of carboxylic acids is 1. The molecule has 0 radical (unpaired) electrons. The van der Waals surface area contributed by atoms with Gasteiger partial charge in [-0.1, -0.05) is 36.1 Å². The SMILES string of the molecule is CN1C(=O)/C(=C\c2ccc(C(=O)N3CSC[C@@H]3C(=O)[O-])cc2)SC1=S. The second-order valence-electron chi connectivity index (χ2n) is 5.47. The lowest BCUT2D eigenvalue weighted by molar-refractivity contribution is -0.309. The fourth-order valence-corrected chi connectivity index (χ4v) is 4.74. The first-order chi connectivity index (χ1) is 11.9. The van der Waals surface area contributed by atoms with E-state index in [9.17, 15) is 19.5 Å². The molecule has 1 aromatic carbocycles. The maximum Gasteiger partial charge on any atom is 0.265 e. The predicted octanol–water partition coefficient (Wildman–Crippen LogP) is 0.783. The van der Waals surface area contributed by atoms with Gasteiger partial charge in [0.25, 0.3) is 11.8 Å². The van der Waals surface area contributed by atoms with Crippen molar-refractivity contribution in [1.82, 2.24) is 9.80 Å². The first-order valence-electron chi connectivity index (χ1n) is 7.29. The molecule has 2 amide bonds. The van der Waals surface area contributed by atoms with Gasteiger partial charge in [-0.2, -0.15) is 0 Å². The van der Waals surface area contributed by atoms with Gasteiger partial charge in [0, 0.05) is 18.4 Å². The third-order valence-electron chi connectivity index (χ3n) is 3.86. The molecule has 2 saturated heterocycles. The van der Waals surface area contributed by atoms with Crippen LogP contribution in [0.2, 0.25) is 0 Å². The zero-order valence-electron chi connectivity index (χ0n) is 13.1. The largest absolute Gasteiger partial charge is 0.548 e. The van der Waals surface area contributed by atoms with E-state index in [1.54, 1.807) is 37.4 Å². The van der Waals surface area contributed by atoms with Crippen LogP contribution in [0.3, 0.4) is 0 Å². The molecular formula is C16H13N2O4S3-. The maximum absolute atomic E-state index is 12.5. The van der Waals surface area contributed by atoms with E-state index in [-0.39, 0.29) is 11.8 Å². The van der Waals surface area contributed by atoms with Gasteiger partial charge in [0.1, 0.15) is 4.32 Å². The van der Waals surface area contributed by atoms with Crippen LogP contribution in [-0.4, -0.2) is 56.6 Å². The van der Waals surface area contributed by atoms with Gasteiger partial charge in [0.05, 0.1) is 22.8 Å². The van der Waals surface area contributed by atoms with E-state index in [1.807, 2.05) is 0 Å². The summed E-state index contributed by atoms with van der Waals surface area (Å²) in [6, 6.07) is 5.77. The highest BCUT2D eigenvalue weighted by Crippen LogP contribution is 2.31. The molecule has 0 saturated carbocycles. The molecular weight excluding hydrogens is 380 g/mol. The highest BCUT2D eigenvalue weighted by atomic mass is 32.2. The lowest BCUT2D eigenvalue weighted by Crippen LogP contribution is -2.48. The summed E-state index contributed by atoms with van der Waals surface area (Å²) in [5.74, 6) is -1.06. The molecule has 0 aliphatic carbocycles. The van der Waals surface area contributed by atoms with Crippen LogP contribution < -0.4 is 5.11 Å². The van der Waals surface area contributed by atoms with Crippen LogP contribution in [0.15, 0.2) is 29.2 Å². The van der Waals surface area contributed by atoms with Gasteiger partial charge in [-0.15, -0.1) is 11.8 Å². The third kappa shape index (κ3) is 3.58. The minimum Gasteiger partial charge on any atom is -0.548 e. The van der Waals surface area contributed by atoms with Crippen molar-refractivity contribution >= 4 is 63.9 Å². The number of carboxylic acid groups (broad SMARTS) is 1. The van der Waals surface area contributed by atoms with Crippen LogP contribution in [-0.2, 0) is 9.59 Å². The van der Waals surface area contributed by atoms with E-state index >= 15 is 0 Å². The minimum absolute atomic E-state index is 0.152. The van der Waals surface area contributed by atoms with Crippen LogP contribution in [0.25, 0.3) is 6.08 Å². The molecule has 3 rings (SSSR count). The Morgan fingerprint density at radius 1 is 1.32 bits per heavy atom. The summed E-state index contributed by atoms with van der Waals surface area (Å²) in [5, 5.41) is 11.1. The highest BCUT2D eigenvalue weighted by molar-refractivity contribution is 8.26. The summed E-state index contributed by atoms with van der Waals surface area (Å²) >= 11 is 7.70. The zero-order valence-corrected chi connectivity index (χ0v) is 15.6. The van der Waals surface area contributed by atoms with Gasteiger partial charge in [-0.25, -0.2) is 0 Å². The zero-order chi connectivity index (χ0) is 18.1. The molecule has 25 heavy (non-hydrogen) atoms. The van der Waals surface area contributed by atoms with E-state index in [4.69, 9.17) is 12.2 Å². The summed E-state index contributed by atoms with van der Waals surface area (Å²) in [7, 11) is 1.63. The fraction of sp³-hybridized carbons (Fsp3) is 0.250. The summed E-state index contributed by atoms with van der Waals surface area (Å²) in [6.07, 6.45) is 1.72. The van der Waals surface area contributed by atoms with Crippen molar-refractivity contribution in [2.45, 2.75) is 6.04 Å². The van der Waals surface area contributed by atoms with Crippen LogP contribution in [0.5, 0.6) is 0 Å². The summed E-state index contributed by atoms with van der Waals surface area (Å²) in [5.41, 5.74) is 1.16. The molecule has 0 N–H and O–H groups in total. The van der Waals surface area contributed by atoms with E-state index in [1.165, 1.54) is 33.3 Å². The van der Waals surface area contributed by atoms with Crippen molar-refractivity contribution in [1.29, 1.82) is 0 Å². The Balaban J connectivity index is 1.77. The molecule has 2 heterocycles. The number of likely N-dealkylation sites (N-methyl/N-ethyl adjacent to an activating group) is 1. The molecule has 1 atom stereocenters. The second-order valence-corrected chi connectivity index (χ2v) is 8.15. The number of aliphatic carboxylic acids is 1. The van der Waals surface area contributed by atoms with Crippen molar-refractivity contribution < 1.29 is 19.5 Å². The Labute approximate surface area is 158 Å². The van der Waals surface area contributed by atoms with Crippen LogP contribution in [0, 0.1) is 0 Å². The number of hydrogen-bond acceptors (Lipinski definition) is 7. The second kappa shape index (κ2) is 7.19. The summed E-state index contributed by atoms with van der Waals surface area (Å²) in [4.78, 5) is 38.8. The lowest BCUT2D eigenvalue weighted by atomic mass is 10.1. The first kappa shape index (κ1) is 18.0. The van der Waals surface area contributed by atoms with Gasteiger partial charge in [-0.05, 0) is 23.8 Å². The maximum atomic E-state index is 12.5. The van der Waals surface area contributed by atoms with Gasteiger partial charge in [0.2, 0.25) is 0 Å². The Bertz CT molecular complexity index is 791. The Kier molecular flexibility index (Phi) is 5.16. The molecule has 1 aromatic rings. The van der Waals surface area contributed by atoms with Gasteiger partial charge >= 0.3 is 0 Å². The number of hydrogen-bond donors (Lipinski definition) is 0. The molecule has 0 bridgehead atoms. The van der Waals surface area contributed by atoms with Crippen molar-refractivity contribution in [2.75, 3.05) is 18.7 Å². The third-order valence-corrected chi connectivity index (χ3v) is 6.35. The highest BCUT2D eigenvalue weighted by Gasteiger charge is 2.31. The number of nitrogens with zero attached hydrogens (tertiary/aromatic N) is 2. The quantitative estimate of drug-likeness (QED) is 0.555. The number of carbonyl (C=O) groups excluding carboxylic acids is 3. The average Bonchev–Trinajstić information content (AvgIpc) is 3.17.